The number of hydrogen-bond acceptors (Lipinski definition) is 3. The summed E-state index contributed by atoms with van der Waals surface area (Å²) in [6, 6.07) is 9.57. The third-order valence-corrected chi connectivity index (χ3v) is 3.21. The van der Waals surface area contributed by atoms with Crippen LogP contribution in [0.5, 0.6) is 5.75 Å². The molecule has 6 heteroatoms. The van der Waals surface area contributed by atoms with Crippen LogP contribution in [0.25, 0.3) is 0 Å². The van der Waals surface area contributed by atoms with E-state index in [1.54, 1.807) is 12.1 Å². The first-order valence-electron chi connectivity index (χ1n) is 6.25. The Bertz CT molecular complexity index is 647. The second-order valence-electron chi connectivity index (χ2n) is 4.60. The zero-order valence-electron chi connectivity index (χ0n) is 11.0. The summed E-state index contributed by atoms with van der Waals surface area (Å²) in [5, 5.41) is 11.7. The van der Waals surface area contributed by atoms with Gasteiger partial charge in [-0.2, -0.15) is 0 Å². The number of nitrogens with one attached hydrogen (secondary N) is 1. The molecule has 0 spiro atoms. The maximum atomic E-state index is 13.0. The lowest BCUT2D eigenvalue weighted by Crippen LogP contribution is -2.37. The maximum Gasteiger partial charge on any atom is 0.241 e. The number of carbonyl (C=O) groups is 1. The van der Waals surface area contributed by atoms with Gasteiger partial charge >= 0.3 is 0 Å². The summed E-state index contributed by atoms with van der Waals surface area (Å²) >= 11 is 5.64. The molecule has 0 bridgehead atoms. The highest BCUT2D eigenvalue weighted by Gasteiger charge is 2.15. The van der Waals surface area contributed by atoms with Crippen molar-refractivity contribution in [2.45, 2.75) is 12.5 Å². The molecule has 0 aliphatic carbocycles. The summed E-state index contributed by atoms with van der Waals surface area (Å²) < 4.78 is 13.0. The highest BCUT2D eigenvalue weighted by Crippen LogP contribution is 2.19. The Morgan fingerprint density at radius 3 is 2.57 bits per heavy atom. The van der Waals surface area contributed by atoms with Crippen molar-refractivity contribution in [2.75, 3.05) is 5.32 Å². The molecular formula is C15H14ClFN2O2. The van der Waals surface area contributed by atoms with Gasteiger partial charge in [-0.15, -0.1) is 0 Å². The number of carbonyl (C=O) groups excluding carboxylic acids is 1. The summed E-state index contributed by atoms with van der Waals surface area (Å²) in [5.41, 5.74) is 7.03. The molecule has 0 radical (unpaired) electrons. The van der Waals surface area contributed by atoms with Crippen LogP contribution in [0.1, 0.15) is 5.56 Å². The van der Waals surface area contributed by atoms with Crippen LogP contribution in [-0.4, -0.2) is 17.1 Å². The Morgan fingerprint density at radius 2 is 1.95 bits per heavy atom. The van der Waals surface area contributed by atoms with E-state index >= 15 is 0 Å². The zero-order chi connectivity index (χ0) is 15.4. The normalized spacial score (nSPS) is 12.0. The molecule has 2 aromatic carbocycles. The van der Waals surface area contributed by atoms with Crippen molar-refractivity contribution in [3.05, 3.63) is 58.9 Å². The minimum absolute atomic E-state index is 0.0695. The van der Waals surface area contributed by atoms with Gasteiger partial charge in [0.2, 0.25) is 5.91 Å². The van der Waals surface area contributed by atoms with Gasteiger partial charge < -0.3 is 16.2 Å². The fourth-order valence-corrected chi connectivity index (χ4v) is 1.97. The van der Waals surface area contributed by atoms with Gasteiger partial charge in [0, 0.05) is 5.69 Å². The first-order valence-corrected chi connectivity index (χ1v) is 6.63. The summed E-state index contributed by atoms with van der Waals surface area (Å²) in [6.07, 6.45) is 0.320. The molecule has 0 unspecified atom stereocenters. The average molecular weight is 309 g/mol. The second-order valence-corrected chi connectivity index (χ2v) is 5.00. The van der Waals surface area contributed by atoms with Gasteiger partial charge in [0.1, 0.15) is 11.6 Å². The largest absolute Gasteiger partial charge is 0.508 e. The quantitative estimate of drug-likeness (QED) is 0.813. The Hall–Kier alpha value is -2.11. The standard InChI is InChI=1S/C15H14ClFN2O2/c16-12-8-10(3-6-13(12)17)19-15(21)14(18)7-9-1-4-11(20)5-2-9/h1-6,8,14,20H,7,18H2,(H,19,21)/t14-/m0/s1. The Balaban J connectivity index is 1.98. The number of hydrogen-bond donors (Lipinski definition) is 3. The van der Waals surface area contributed by atoms with Crippen molar-refractivity contribution in [3.63, 3.8) is 0 Å². The van der Waals surface area contributed by atoms with E-state index in [-0.39, 0.29) is 10.8 Å². The van der Waals surface area contributed by atoms with Crippen LogP contribution < -0.4 is 11.1 Å². The van der Waals surface area contributed by atoms with Crippen molar-refractivity contribution < 1.29 is 14.3 Å². The third-order valence-electron chi connectivity index (χ3n) is 2.92. The number of phenols is 1. The van der Waals surface area contributed by atoms with Gasteiger partial charge in [-0.1, -0.05) is 23.7 Å². The molecule has 0 fully saturated rings. The number of benzene rings is 2. The minimum atomic E-state index is -0.765. The first kappa shape index (κ1) is 15.3. The predicted molar refractivity (Wildman–Crippen MR) is 79.8 cm³/mol. The number of rotatable bonds is 4. The van der Waals surface area contributed by atoms with E-state index < -0.39 is 17.8 Å². The fourth-order valence-electron chi connectivity index (χ4n) is 1.79. The second kappa shape index (κ2) is 6.56. The van der Waals surface area contributed by atoms with Gasteiger partial charge in [-0.3, -0.25) is 4.79 Å². The smallest absolute Gasteiger partial charge is 0.241 e. The van der Waals surface area contributed by atoms with Crippen LogP contribution in [-0.2, 0) is 11.2 Å². The van der Waals surface area contributed by atoms with Crippen LogP contribution in [0.15, 0.2) is 42.5 Å². The van der Waals surface area contributed by atoms with Crippen molar-refractivity contribution >= 4 is 23.2 Å². The fraction of sp³-hybridized carbons (Fsp3) is 0.133. The minimum Gasteiger partial charge on any atom is -0.508 e. The van der Waals surface area contributed by atoms with Crippen molar-refractivity contribution in [3.8, 4) is 5.75 Å². The molecule has 0 saturated carbocycles. The Labute approximate surface area is 126 Å². The number of phenolic OH excluding ortho intramolecular Hbond substituents is 1. The van der Waals surface area contributed by atoms with Crippen LogP contribution >= 0.6 is 11.6 Å². The van der Waals surface area contributed by atoms with E-state index in [4.69, 9.17) is 17.3 Å². The van der Waals surface area contributed by atoms with Crippen molar-refractivity contribution in [1.82, 2.24) is 0 Å². The third kappa shape index (κ3) is 4.18. The highest BCUT2D eigenvalue weighted by molar-refractivity contribution is 6.31. The molecule has 110 valence electrons. The number of nitrogens with two attached hydrogens (primary N) is 1. The molecule has 1 amide bonds. The summed E-state index contributed by atoms with van der Waals surface area (Å²) in [6.45, 7) is 0. The maximum absolute atomic E-state index is 13.0. The van der Waals surface area contributed by atoms with Crippen LogP contribution in [0.2, 0.25) is 5.02 Å². The predicted octanol–water partition coefficient (Wildman–Crippen LogP) is 2.69. The molecule has 0 saturated heterocycles. The number of halogens is 2. The number of anilines is 1. The number of aromatic hydroxyl groups is 1. The van der Waals surface area contributed by atoms with E-state index in [1.165, 1.54) is 30.3 Å². The molecule has 4 nitrogen and oxygen atoms in total. The van der Waals surface area contributed by atoms with E-state index in [2.05, 4.69) is 5.32 Å². The van der Waals surface area contributed by atoms with Gasteiger partial charge in [-0.05, 0) is 42.3 Å². The molecular weight excluding hydrogens is 295 g/mol. The molecule has 1 atom stereocenters. The monoisotopic (exact) mass is 308 g/mol. The lowest BCUT2D eigenvalue weighted by Gasteiger charge is -2.12. The molecule has 2 aromatic rings. The van der Waals surface area contributed by atoms with Gasteiger partial charge in [0.25, 0.3) is 0 Å². The Morgan fingerprint density at radius 1 is 1.29 bits per heavy atom. The molecule has 0 aliphatic rings. The van der Waals surface area contributed by atoms with Crippen molar-refractivity contribution in [2.24, 2.45) is 5.73 Å². The molecule has 4 N–H and O–H groups in total. The van der Waals surface area contributed by atoms with E-state index in [0.717, 1.165) is 5.56 Å². The SMILES string of the molecule is N[C@@H](Cc1ccc(O)cc1)C(=O)Nc1ccc(F)c(Cl)c1. The summed E-state index contributed by atoms with van der Waals surface area (Å²) in [7, 11) is 0. The van der Waals surface area contributed by atoms with Crippen LogP contribution in [0, 0.1) is 5.82 Å². The van der Waals surface area contributed by atoms with Gasteiger partial charge in [0.15, 0.2) is 0 Å². The first-order chi connectivity index (χ1) is 9.95. The van der Waals surface area contributed by atoms with Crippen molar-refractivity contribution in [1.29, 1.82) is 0 Å². The Kier molecular flexibility index (Phi) is 4.77. The van der Waals surface area contributed by atoms with E-state index in [0.29, 0.717) is 12.1 Å². The van der Waals surface area contributed by atoms with Crippen LogP contribution in [0.3, 0.4) is 0 Å². The molecule has 2 rings (SSSR count). The summed E-state index contributed by atoms with van der Waals surface area (Å²) in [4.78, 5) is 12.0. The topological polar surface area (TPSA) is 75.3 Å². The zero-order valence-corrected chi connectivity index (χ0v) is 11.8. The number of amides is 1. The van der Waals surface area contributed by atoms with Crippen LogP contribution in [0.4, 0.5) is 10.1 Å². The average Bonchev–Trinajstić information content (AvgIpc) is 2.45. The molecule has 0 heterocycles. The van der Waals surface area contributed by atoms with E-state index in [9.17, 15) is 14.3 Å². The molecule has 0 aliphatic heterocycles. The lowest BCUT2D eigenvalue weighted by molar-refractivity contribution is -0.117. The van der Waals surface area contributed by atoms with Gasteiger partial charge in [-0.25, -0.2) is 4.39 Å². The highest BCUT2D eigenvalue weighted by atomic mass is 35.5. The van der Waals surface area contributed by atoms with E-state index in [1.807, 2.05) is 0 Å². The molecule has 0 aromatic heterocycles. The molecule has 21 heavy (non-hydrogen) atoms. The lowest BCUT2D eigenvalue weighted by atomic mass is 10.1. The summed E-state index contributed by atoms with van der Waals surface area (Å²) in [5.74, 6) is -0.800. The van der Waals surface area contributed by atoms with Gasteiger partial charge in [0.05, 0.1) is 11.1 Å².